The van der Waals surface area contributed by atoms with Crippen molar-refractivity contribution in [3.05, 3.63) is 64.7 Å². The van der Waals surface area contributed by atoms with Gasteiger partial charge in [0.15, 0.2) is 0 Å². The summed E-state index contributed by atoms with van der Waals surface area (Å²) in [5.41, 5.74) is 5.40. The molecule has 5 heteroatoms. The number of nitrogens with two attached hydrogens (primary N) is 1. The second-order valence-corrected chi connectivity index (χ2v) is 6.90. The van der Waals surface area contributed by atoms with Crippen molar-refractivity contribution in [2.45, 2.75) is 26.1 Å². The molecule has 0 aliphatic heterocycles. The fraction of sp³-hybridized carbons (Fsp3) is 0.250. The van der Waals surface area contributed by atoms with Crippen LogP contribution in [0.1, 0.15) is 22.3 Å². The summed E-state index contributed by atoms with van der Waals surface area (Å²) in [5.74, 6) is -0.135. The molecule has 0 amide bonds. The Morgan fingerprint density at radius 1 is 1.05 bits per heavy atom. The highest BCUT2D eigenvalue weighted by Gasteiger charge is 2.05. The number of hydrogen-bond acceptors (Lipinski definition) is 3. The van der Waals surface area contributed by atoms with Crippen LogP contribution in [0.15, 0.2) is 42.5 Å². The molecular weight excluding hydrogens is 284 g/mol. The fourth-order valence-electron chi connectivity index (χ4n) is 2.19. The standard InChI is InChI=1S/C16H20N2O2S/c1-12-3-6-15(13(2)9-12)10-18-16-7-4-14(5-8-16)11-21(17,19)20/h3-9,18H,10-11H2,1-2H3,(H2,17,19,20). The van der Waals surface area contributed by atoms with Crippen LogP contribution in [0.4, 0.5) is 5.69 Å². The first-order valence-electron chi connectivity index (χ1n) is 6.73. The Balaban J connectivity index is 2.00. The Hall–Kier alpha value is -1.85. The molecule has 3 N–H and O–H groups in total. The molecular formula is C16H20N2O2S. The number of primary sulfonamides is 1. The predicted octanol–water partition coefficient (Wildman–Crippen LogP) is 2.70. The van der Waals surface area contributed by atoms with Gasteiger partial charge in [0.2, 0.25) is 10.0 Å². The quantitative estimate of drug-likeness (QED) is 0.892. The van der Waals surface area contributed by atoms with Crippen LogP contribution in [0.3, 0.4) is 0 Å². The van der Waals surface area contributed by atoms with Crippen LogP contribution < -0.4 is 10.5 Å². The van der Waals surface area contributed by atoms with Crippen molar-refractivity contribution in [3.8, 4) is 0 Å². The van der Waals surface area contributed by atoms with E-state index >= 15 is 0 Å². The van der Waals surface area contributed by atoms with E-state index in [1.54, 1.807) is 12.1 Å². The van der Waals surface area contributed by atoms with Gasteiger partial charge in [-0.05, 0) is 42.7 Å². The smallest absolute Gasteiger partial charge is 0.213 e. The fourth-order valence-corrected chi connectivity index (χ4v) is 2.85. The van der Waals surface area contributed by atoms with Gasteiger partial charge in [-0.25, -0.2) is 13.6 Å². The molecule has 0 saturated carbocycles. The SMILES string of the molecule is Cc1ccc(CNc2ccc(CS(N)(=O)=O)cc2)c(C)c1. The summed E-state index contributed by atoms with van der Waals surface area (Å²) in [4.78, 5) is 0. The van der Waals surface area contributed by atoms with Crippen molar-refractivity contribution in [1.29, 1.82) is 0 Å². The summed E-state index contributed by atoms with van der Waals surface area (Å²) >= 11 is 0. The lowest BCUT2D eigenvalue weighted by Gasteiger charge is -2.10. The topological polar surface area (TPSA) is 72.2 Å². The lowest BCUT2D eigenvalue weighted by molar-refractivity contribution is 0.597. The number of anilines is 1. The highest BCUT2D eigenvalue weighted by molar-refractivity contribution is 7.88. The van der Waals surface area contributed by atoms with Gasteiger partial charge in [0.1, 0.15) is 0 Å². The molecule has 0 heterocycles. The zero-order chi connectivity index (χ0) is 15.5. The Morgan fingerprint density at radius 2 is 1.71 bits per heavy atom. The molecule has 0 atom stereocenters. The minimum atomic E-state index is -3.48. The summed E-state index contributed by atoms with van der Waals surface area (Å²) in [5, 5.41) is 8.36. The summed E-state index contributed by atoms with van der Waals surface area (Å²) in [6.07, 6.45) is 0. The maximum absolute atomic E-state index is 11.0. The van der Waals surface area contributed by atoms with E-state index in [1.807, 2.05) is 12.1 Å². The molecule has 0 fully saturated rings. The molecule has 0 spiro atoms. The molecule has 21 heavy (non-hydrogen) atoms. The van der Waals surface area contributed by atoms with E-state index in [9.17, 15) is 8.42 Å². The van der Waals surface area contributed by atoms with E-state index in [-0.39, 0.29) is 5.75 Å². The molecule has 112 valence electrons. The van der Waals surface area contributed by atoms with Gasteiger partial charge >= 0.3 is 0 Å². The minimum absolute atomic E-state index is 0.135. The lowest BCUT2D eigenvalue weighted by atomic mass is 10.1. The minimum Gasteiger partial charge on any atom is -0.381 e. The first-order chi connectivity index (χ1) is 9.83. The van der Waals surface area contributed by atoms with Gasteiger partial charge in [-0.15, -0.1) is 0 Å². The van der Waals surface area contributed by atoms with Gasteiger partial charge in [-0.3, -0.25) is 0 Å². The Bertz CT molecular complexity index is 722. The number of sulfonamides is 1. The third-order valence-electron chi connectivity index (χ3n) is 3.30. The molecule has 4 nitrogen and oxygen atoms in total. The molecule has 0 bridgehead atoms. The van der Waals surface area contributed by atoms with E-state index in [0.29, 0.717) is 5.56 Å². The molecule has 0 radical (unpaired) electrons. The van der Waals surface area contributed by atoms with Crippen LogP contribution in [0, 0.1) is 13.8 Å². The number of nitrogens with one attached hydrogen (secondary N) is 1. The van der Waals surface area contributed by atoms with Crippen molar-refractivity contribution in [2.75, 3.05) is 5.32 Å². The van der Waals surface area contributed by atoms with Crippen LogP contribution >= 0.6 is 0 Å². The summed E-state index contributed by atoms with van der Waals surface area (Å²) < 4.78 is 22.0. The molecule has 0 aliphatic rings. The average Bonchev–Trinajstić information content (AvgIpc) is 2.38. The van der Waals surface area contributed by atoms with Crippen molar-refractivity contribution in [2.24, 2.45) is 5.14 Å². The lowest BCUT2D eigenvalue weighted by Crippen LogP contribution is -2.14. The van der Waals surface area contributed by atoms with Gasteiger partial charge in [0.25, 0.3) is 0 Å². The zero-order valence-corrected chi connectivity index (χ0v) is 13.1. The average molecular weight is 304 g/mol. The second-order valence-electron chi connectivity index (χ2n) is 5.29. The van der Waals surface area contributed by atoms with Crippen LogP contribution in [0.5, 0.6) is 0 Å². The third-order valence-corrected chi connectivity index (χ3v) is 4.04. The van der Waals surface area contributed by atoms with Crippen LogP contribution in [-0.4, -0.2) is 8.42 Å². The first kappa shape index (κ1) is 15.5. The van der Waals surface area contributed by atoms with Crippen LogP contribution in [0.2, 0.25) is 0 Å². The number of rotatable bonds is 5. The summed E-state index contributed by atoms with van der Waals surface area (Å²) in [6.45, 7) is 4.91. The van der Waals surface area contributed by atoms with E-state index in [4.69, 9.17) is 5.14 Å². The number of aryl methyl sites for hydroxylation is 2. The van der Waals surface area contributed by atoms with Gasteiger partial charge in [0.05, 0.1) is 5.75 Å². The first-order valence-corrected chi connectivity index (χ1v) is 8.44. The molecule has 2 rings (SSSR count). The second kappa shape index (κ2) is 6.28. The van der Waals surface area contributed by atoms with Crippen molar-refractivity contribution < 1.29 is 8.42 Å². The maximum atomic E-state index is 11.0. The number of hydrogen-bond donors (Lipinski definition) is 2. The van der Waals surface area contributed by atoms with Gasteiger partial charge < -0.3 is 5.32 Å². The van der Waals surface area contributed by atoms with Crippen molar-refractivity contribution in [3.63, 3.8) is 0 Å². The third kappa shape index (κ3) is 4.88. The molecule has 0 unspecified atom stereocenters. The molecule has 2 aromatic carbocycles. The molecule has 0 aliphatic carbocycles. The van der Waals surface area contributed by atoms with Crippen molar-refractivity contribution in [1.82, 2.24) is 0 Å². The predicted molar refractivity (Wildman–Crippen MR) is 86.5 cm³/mol. The number of benzene rings is 2. The van der Waals surface area contributed by atoms with Gasteiger partial charge in [-0.2, -0.15) is 0 Å². The van der Waals surface area contributed by atoms with Crippen LogP contribution in [0.25, 0.3) is 0 Å². The maximum Gasteiger partial charge on any atom is 0.213 e. The van der Waals surface area contributed by atoms with Gasteiger partial charge in [0, 0.05) is 12.2 Å². The highest BCUT2D eigenvalue weighted by Crippen LogP contribution is 2.15. The van der Waals surface area contributed by atoms with Gasteiger partial charge in [-0.1, -0.05) is 35.9 Å². The highest BCUT2D eigenvalue weighted by atomic mass is 32.2. The van der Waals surface area contributed by atoms with E-state index in [2.05, 4.69) is 37.4 Å². The van der Waals surface area contributed by atoms with E-state index < -0.39 is 10.0 Å². The molecule has 0 aromatic heterocycles. The summed E-state index contributed by atoms with van der Waals surface area (Å²) in [7, 11) is -3.48. The zero-order valence-electron chi connectivity index (χ0n) is 12.3. The van der Waals surface area contributed by atoms with E-state index in [1.165, 1.54) is 16.7 Å². The van der Waals surface area contributed by atoms with Crippen LogP contribution in [-0.2, 0) is 22.3 Å². The van der Waals surface area contributed by atoms with Crippen molar-refractivity contribution >= 4 is 15.7 Å². The Kier molecular flexibility index (Phi) is 4.65. The Labute approximate surface area is 126 Å². The van der Waals surface area contributed by atoms with E-state index in [0.717, 1.165) is 12.2 Å². The molecule has 0 saturated heterocycles. The normalized spacial score (nSPS) is 11.4. The Morgan fingerprint density at radius 3 is 2.29 bits per heavy atom. The molecule has 2 aromatic rings. The summed E-state index contributed by atoms with van der Waals surface area (Å²) in [6, 6.07) is 13.6. The largest absolute Gasteiger partial charge is 0.381 e. The monoisotopic (exact) mass is 304 g/mol.